The molecule has 0 spiro atoms. The van der Waals surface area contributed by atoms with E-state index in [1.54, 1.807) is 0 Å². The highest BCUT2D eigenvalue weighted by molar-refractivity contribution is 5.69. The van der Waals surface area contributed by atoms with Crippen molar-refractivity contribution in [1.29, 1.82) is 21.0 Å². The number of benzene rings is 1. The third-order valence-electron chi connectivity index (χ3n) is 5.34. The molecule has 4 nitrogen and oxygen atoms in total. The van der Waals surface area contributed by atoms with E-state index in [-0.39, 0.29) is 6.42 Å². The zero-order valence-electron chi connectivity index (χ0n) is 14.0. The van der Waals surface area contributed by atoms with Crippen LogP contribution in [-0.4, -0.2) is 0 Å². The predicted octanol–water partition coefficient (Wildman–Crippen LogP) is 4.36. The molecule has 3 rings (SSSR count). The molecule has 1 aromatic carbocycles. The largest absolute Gasteiger partial charge is 0.196 e. The van der Waals surface area contributed by atoms with Crippen molar-refractivity contribution < 1.29 is 0 Å². The molecule has 120 valence electrons. The number of allylic oxidation sites excluding steroid dienone is 3. The minimum absolute atomic E-state index is 0.146. The summed E-state index contributed by atoms with van der Waals surface area (Å²) in [6.07, 6.45) is 5.71. The average molecular weight is 324 g/mol. The van der Waals surface area contributed by atoms with Crippen LogP contribution >= 0.6 is 0 Å². The summed E-state index contributed by atoms with van der Waals surface area (Å²) < 4.78 is 0. The fourth-order valence-corrected chi connectivity index (χ4v) is 4.13. The van der Waals surface area contributed by atoms with Crippen LogP contribution in [0.1, 0.15) is 43.2 Å². The van der Waals surface area contributed by atoms with Gasteiger partial charge in [0.2, 0.25) is 0 Å². The first-order chi connectivity index (χ1) is 12.1. The Bertz CT molecular complexity index is 925. The van der Waals surface area contributed by atoms with Crippen molar-refractivity contribution in [2.24, 2.45) is 10.8 Å². The summed E-state index contributed by atoms with van der Waals surface area (Å²) >= 11 is 0. The summed E-state index contributed by atoms with van der Waals surface area (Å²) in [7, 11) is 0. The van der Waals surface area contributed by atoms with Crippen molar-refractivity contribution in [2.45, 2.75) is 32.1 Å². The van der Waals surface area contributed by atoms with Gasteiger partial charge in [0, 0.05) is 12.3 Å². The highest BCUT2D eigenvalue weighted by Crippen LogP contribution is 2.61. The molecule has 25 heavy (non-hydrogen) atoms. The minimum atomic E-state index is -1.73. The fourth-order valence-electron chi connectivity index (χ4n) is 4.13. The lowest BCUT2D eigenvalue weighted by Crippen LogP contribution is -2.47. The average Bonchev–Trinajstić information content (AvgIpc) is 2.67. The fraction of sp³-hybridized carbons (Fsp3) is 0.333. The molecule has 1 unspecified atom stereocenters. The van der Waals surface area contributed by atoms with E-state index in [2.05, 4.69) is 12.1 Å². The first kappa shape index (κ1) is 16.5. The second kappa shape index (κ2) is 5.94. The van der Waals surface area contributed by atoms with Gasteiger partial charge >= 0.3 is 0 Å². The maximum Gasteiger partial charge on any atom is 0.186 e. The van der Waals surface area contributed by atoms with E-state index in [1.165, 1.54) is 0 Å². The maximum absolute atomic E-state index is 10.00. The summed E-state index contributed by atoms with van der Waals surface area (Å²) in [5.41, 5.74) is 0.282. The van der Waals surface area contributed by atoms with Crippen LogP contribution in [0.25, 0.3) is 6.08 Å². The maximum atomic E-state index is 10.00. The molecular formula is C21H16N4. The normalized spacial score (nSPS) is 21.7. The lowest BCUT2D eigenvalue weighted by molar-refractivity contribution is 0.240. The lowest BCUT2D eigenvalue weighted by atomic mass is 9.49. The Hall–Kier alpha value is -3.34. The van der Waals surface area contributed by atoms with E-state index in [0.29, 0.717) is 0 Å². The summed E-state index contributed by atoms with van der Waals surface area (Å²) in [6, 6.07) is 15.9. The van der Waals surface area contributed by atoms with Crippen LogP contribution < -0.4 is 0 Å². The molecule has 0 heterocycles. The van der Waals surface area contributed by atoms with Crippen molar-refractivity contribution in [1.82, 2.24) is 0 Å². The van der Waals surface area contributed by atoms with Crippen LogP contribution in [0.4, 0.5) is 0 Å². The second-order valence-electron chi connectivity index (χ2n) is 6.54. The van der Waals surface area contributed by atoms with E-state index in [4.69, 9.17) is 0 Å². The van der Waals surface area contributed by atoms with Crippen molar-refractivity contribution >= 4 is 6.08 Å². The standard InChI is InChI=1S/C21H16N4/c1-2-5-16-10-20(11-22,12-23)21(13-24,14-25)19-17-7-4-3-6-15(17)8-9-18(16)19/h3-4,6-9,19H,2,5,10H2,1H3. The number of nitrogens with zero attached hydrogens (tertiary/aromatic N) is 4. The Morgan fingerprint density at radius 1 is 1.00 bits per heavy atom. The van der Waals surface area contributed by atoms with Gasteiger partial charge in [0.05, 0.1) is 24.3 Å². The van der Waals surface area contributed by atoms with E-state index >= 15 is 0 Å². The first-order valence-corrected chi connectivity index (χ1v) is 8.27. The molecule has 0 amide bonds. The molecule has 0 saturated heterocycles. The summed E-state index contributed by atoms with van der Waals surface area (Å²) in [6.45, 7) is 2.04. The summed E-state index contributed by atoms with van der Waals surface area (Å²) in [4.78, 5) is 0. The monoisotopic (exact) mass is 324 g/mol. The van der Waals surface area contributed by atoms with Crippen molar-refractivity contribution in [2.75, 3.05) is 0 Å². The van der Waals surface area contributed by atoms with Gasteiger partial charge in [-0.3, -0.25) is 0 Å². The van der Waals surface area contributed by atoms with E-state index in [1.807, 2.05) is 55.5 Å². The van der Waals surface area contributed by atoms with Crippen molar-refractivity contribution in [3.63, 3.8) is 0 Å². The van der Waals surface area contributed by atoms with Crippen LogP contribution in [-0.2, 0) is 0 Å². The first-order valence-electron chi connectivity index (χ1n) is 8.27. The van der Waals surface area contributed by atoms with E-state index in [0.717, 1.165) is 35.1 Å². The third-order valence-corrected chi connectivity index (χ3v) is 5.34. The van der Waals surface area contributed by atoms with E-state index in [9.17, 15) is 21.0 Å². The van der Waals surface area contributed by atoms with Crippen LogP contribution in [0.5, 0.6) is 0 Å². The molecule has 0 N–H and O–H groups in total. The molecule has 1 aromatic rings. The Morgan fingerprint density at radius 3 is 2.28 bits per heavy atom. The van der Waals surface area contributed by atoms with Gasteiger partial charge in [-0.1, -0.05) is 55.3 Å². The predicted molar refractivity (Wildman–Crippen MR) is 92.1 cm³/mol. The molecule has 0 aliphatic heterocycles. The smallest absolute Gasteiger partial charge is 0.186 e. The molecular weight excluding hydrogens is 308 g/mol. The van der Waals surface area contributed by atoms with Gasteiger partial charge in [0.25, 0.3) is 0 Å². The highest BCUT2D eigenvalue weighted by atomic mass is 14.6. The second-order valence-corrected chi connectivity index (χ2v) is 6.54. The topological polar surface area (TPSA) is 95.2 Å². The Balaban J connectivity index is 2.42. The molecule has 2 aliphatic rings. The number of rotatable bonds is 2. The molecule has 0 saturated carbocycles. The van der Waals surface area contributed by atoms with Gasteiger partial charge in [0.15, 0.2) is 10.8 Å². The zero-order chi connectivity index (χ0) is 18.1. The Labute approximate surface area is 147 Å². The highest BCUT2D eigenvalue weighted by Gasteiger charge is 2.63. The summed E-state index contributed by atoms with van der Waals surface area (Å²) in [5, 5.41) is 39.7. The van der Waals surface area contributed by atoms with Gasteiger partial charge in [-0.25, -0.2) is 0 Å². The molecule has 0 bridgehead atoms. The number of hydrogen-bond donors (Lipinski definition) is 0. The van der Waals surface area contributed by atoms with Gasteiger partial charge in [-0.2, -0.15) is 21.0 Å². The molecule has 0 radical (unpaired) electrons. The van der Waals surface area contributed by atoms with Crippen LogP contribution in [0.2, 0.25) is 0 Å². The zero-order valence-corrected chi connectivity index (χ0v) is 14.0. The quantitative estimate of drug-likeness (QED) is 0.807. The molecule has 0 fully saturated rings. The molecule has 4 heteroatoms. The molecule has 0 aromatic heterocycles. The number of hydrogen-bond acceptors (Lipinski definition) is 4. The Morgan fingerprint density at radius 2 is 1.68 bits per heavy atom. The van der Waals surface area contributed by atoms with E-state index < -0.39 is 16.7 Å². The lowest BCUT2D eigenvalue weighted by Gasteiger charge is -2.45. The summed E-state index contributed by atoms with van der Waals surface area (Å²) in [5.74, 6) is -0.585. The van der Waals surface area contributed by atoms with Gasteiger partial charge in [-0.05, 0) is 23.1 Å². The molecule has 1 atom stereocenters. The van der Waals surface area contributed by atoms with Crippen LogP contribution in [0.15, 0.2) is 41.5 Å². The SMILES string of the molecule is CCCC1=C2C=Cc3ccccc3C2C(C#N)(C#N)C(C#N)(C#N)C1. The minimum Gasteiger partial charge on any atom is -0.196 e. The van der Waals surface area contributed by atoms with Gasteiger partial charge < -0.3 is 0 Å². The third kappa shape index (κ3) is 2.02. The number of nitriles is 4. The Kier molecular flexibility index (Phi) is 3.93. The van der Waals surface area contributed by atoms with Gasteiger partial charge in [-0.15, -0.1) is 0 Å². The van der Waals surface area contributed by atoms with Crippen molar-refractivity contribution in [3.8, 4) is 24.3 Å². The van der Waals surface area contributed by atoms with Gasteiger partial charge in [0.1, 0.15) is 0 Å². The van der Waals surface area contributed by atoms with Crippen molar-refractivity contribution in [3.05, 3.63) is 52.6 Å². The van der Waals surface area contributed by atoms with Crippen LogP contribution in [0.3, 0.4) is 0 Å². The number of fused-ring (bicyclic) bond motifs is 3. The molecule has 2 aliphatic carbocycles. The van der Waals surface area contributed by atoms with Crippen LogP contribution in [0, 0.1) is 56.2 Å².